The molecule has 0 amide bonds. The van der Waals surface area contributed by atoms with E-state index < -0.39 is 12.1 Å². The molecule has 0 heterocycles. The second kappa shape index (κ2) is 6.54. The van der Waals surface area contributed by atoms with Gasteiger partial charge in [0.05, 0.1) is 0 Å². The number of rotatable bonds is 5. The van der Waals surface area contributed by atoms with E-state index in [9.17, 15) is 9.90 Å². The average molecular weight is 337 g/mol. The molecule has 1 unspecified atom stereocenters. The van der Waals surface area contributed by atoms with Crippen molar-refractivity contribution < 1.29 is 19.7 Å². The van der Waals surface area contributed by atoms with Gasteiger partial charge in [0.15, 0.2) is 0 Å². The smallest absolute Gasteiger partial charge is 0.339 e. The summed E-state index contributed by atoms with van der Waals surface area (Å²) in [7, 11) is 0. The zero-order valence-electron chi connectivity index (χ0n) is 10.5. The molecule has 2 rings (SSSR count). The summed E-state index contributed by atoms with van der Waals surface area (Å²) in [4.78, 5) is 11.1. The van der Waals surface area contributed by atoms with Gasteiger partial charge in [-0.1, -0.05) is 46.3 Å². The van der Waals surface area contributed by atoms with Crippen molar-refractivity contribution in [1.29, 1.82) is 0 Å². The van der Waals surface area contributed by atoms with Crippen LogP contribution in [0.1, 0.15) is 22.0 Å². The summed E-state index contributed by atoms with van der Waals surface area (Å²) in [5.41, 5.74) is 0.779. The lowest BCUT2D eigenvalue weighted by atomic mass is 10.1. The Morgan fingerprint density at radius 2 is 1.90 bits per heavy atom. The number of aromatic carboxylic acids is 1. The van der Waals surface area contributed by atoms with Gasteiger partial charge in [-0.2, -0.15) is 0 Å². The molecule has 0 fully saturated rings. The third kappa shape index (κ3) is 3.59. The van der Waals surface area contributed by atoms with Gasteiger partial charge >= 0.3 is 5.97 Å². The van der Waals surface area contributed by atoms with Crippen molar-refractivity contribution in [2.24, 2.45) is 0 Å². The SMILES string of the molecule is O=C(O)c1cc(Br)ccc1OCC(O)c1ccccc1. The van der Waals surface area contributed by atoms with E-state index in [2.05, 4.69) is 15.9 Å². The van der Waals surface area contributed by atoms with Gasteiger partial charge < -0.3 is 14.9 Å². The summed E-state index contributed by atoms with van der Waals surface area (Å²) in [6.45, 7) is -0.00801. The summed E-state index contributed by atoms with van der Waals surface area (Å²) in [6, 6.07) is 13.8. The second-order valence-corrected chi connectivity index (χ2v) is 5.10. The Morgan fingerprint density at radius 1 is 1.20 bits per heavy atom. The van der Waals surface area contributed by atoms with Crippen LogP contribution in [-0.4, -0.2) is 22.8 Å². The van der Waals surface area contributed by atoms with Crippen molar-refractivity contribution >= 4 is 21.9 Å². The molecule has 0 saturated carbocycles. The third-order valence-electron chi connectivity index (χ3n) is 2.75. The van der Waals surface area contributed by atoms with Crippen molar-refractivity contribution in [3.63, 3.8) is 0 Å². The minimum Gasteiger partial charge on any atom is -0.490 e. The first-order valence-electron chi connectivity index (χ1n) is 5.96. The Morgan fingerprint density at radius 3 is 2.55 bits per heavy atom. The highest BCUT2D eigenvalue weighted by Gasteiger charge is 2.14. The number of aliphatic hydroxyl groups is 1. The standard InChI is InChI=1S/C15H13BrO4/c16-11-6-7-14(12(8-11)15(18)19)20-9-13(17)10-4-2-1-3-5-10/h1-8,13,17H,9H2,(H,18,19). The first kappa shape index (κ1) is 14.6. The third-order valence-corrected chi connectivity index (χ3v) is 3.25. The Hall–Kier alpha value is -1.85. The van der Waals surface area contributed by atoms with E-state index in [0.29, 0.717) is 4.47 Å². The molecule has 0 aliphatic heterocycles. The summed E-state index contributed by atoms with van der Waals surface area (Å²) in [5.74, 6) is -0.841. The van der Waals surface area contributed by atoms with Crippen LogP contribution in [0.3, 0.4) is 0 Å². The summed E-state index contributed by atoms with van der Waals surface area (Å²) < 4.78 is 6.08. The number of hydrogen-bond acceptors (Lipinski definition) is 3. The molecule has 1 atom stereocenters. The number of ether oxygens (including phenoxy) is 1. The second-order valence-electron chi connectivity index (χ2n) is 4.18. The fraction of sp³-hybridized carbons (Fsp3) is 0.133. The normalized spacial score (nSPS) is 11.9. The Bertz CT molecular complexity index is 598. The van der Waals surface area contributed by atoms with Crippen molar-refractivity contribution in [3.8, 4) is 5.75 Å². The molecule has 0 aromatic heterocycles. The molecule has 0 aliphatic rings. The van der Waals surface area contributed by atoms with Gasteiger partial charge in [-0.3, -0.25) is 0 Å². The number of halogens is 1. The van der Waals surface area contributed by atoms with Crippen LogP contribution < -0.4 is 4.74 Å². The van der Waals surface area contributed by atoms with Gasteiger partial charge in [0.2, 0.25) is 0 Å². The molecular formula is C15H13BrO4. The van der Waals surface area contributed by atoms with E-state index in [4.69, 9.17) is 9.84 Å². The largest absolute Gasteiger partial charge is 0.490 e. The molecule has 4 nitrogen and oxygen atoms in total. The number of benzene rings is 2. The molecule has 0 bridgehead atoms. The molecule has 2 aromatic rings. The maximum Gasteiger partial charge on any atom is 0.339 e. The molecule has 104 valence electrons. The lowest BCUT2D eigenvalue weighted by molar-refractivity contribution is 0.0683. The zero-order chi connectivity index (χ0) is 14.5. The van der Waals surface area contributed by atoms with Gasteiger partial charge in [-0.05, 0) is 23.8 Å². The summed E-state index contributed by atoms with van der Waals surface area (Å²) >= 11 is 3.21. The van der Waals surface area contributed by atoms with Crippen LogP contribution in [0, 0.1) is 0 Å². The van der Waals surface area contributed by atoms with Crippen LogP contribution in [0.15, 0.2) is 53.0 Å². The predicted molar refractivity (Wildman–Crippen MR) is 78.0 cm³/mol. The number of carboxylic acid groups (broad SMARTS) is 1. The highest BCUT2D eigenvalue weighted by Crippen LogP contribution is 2.24. The topological polar surface area (TPSA) is 66.8 Å². The van der Waals surface area contributed by atoms with Crippen molar-refractivity contribution in [2.45, 2.75) is 6.10 Å². The minimum atomic E-state index is -1.07. The van der Waals surface area contributed by atoms with E-state index in [1.807, 2.05) is 18.2 Å². The number of hydrogen-bond donors (Lipinski definition) is 2. The Kier molecular flexibility index (Phi) is 4.76. The van der Waals surface area contributed by atoms with Gasteiger partial charge in [0, 0.05) is 4.47 Å². The quantitative estimate of drug-likeness (QED) is 0.879. The maximum absolute atomic E-state index is 11.1. The first-order valence-corrected chi connectivity index (χ1v) is 6.76. The van der Waals surface area contributed by atoms with E-state index in [0.717, 1.165) is 5.56 Å². The molecular weight excluding hydrogens is 324 g/mol. The molecule has 5 heteroatoms. The zero-order valence-corrected chi connectivity index (χ0v) is 12.1. The fourth-order valence-corrected chi connectivity index (χ4v) is 2.10. The van der Waals surface area contributed by atoms with E-state index in [1.165, 1.54) is 6.07 Å². The summed E-state index contributed by atoms with van der Waals surface area (Å²) in [5, 5.41) is 19.1. The van der Waals surface area contributed by atoms with Crippen LogP contribution in [0.25, 0.3) is 0 Å². The molecule has 0 radical (unpaired) electrons. The maximum atomic E-state index is 11.1. The number of carboxylic acids is 1. The molecule has 2 N–H and O–H groups in total. The van der Waals surface area contributed by atoms with Gasteiger partial charge in [-0.25, -0.2) is 4.79 Å². The van der Waals surface area contributed by atoms with Crippen molar-refractivity contribution in [3.05, 3.63) is 64.1 Å². The highest BCUT2D eigenvalue weighted by atomic mass is 79.9. The van der Waals surface area contributed by atoms with Gasteiger partial charge in [0.1, 0.15) is 24.0 Å². The van der Waals surface area contributed by atoms with Crippen LogP contribution in [0.2, 0.25) is 0 Å². The molecule has 0 aliphatic carbocycles. The van der Waals surface area contributed by atoms with E-state index in [-0.39, 0.29) is 17.9 Å². The number of carbonyl (C=O) groups is 1. The van der Waals surface area contributed by atoms with E-state index >= 15 is 0 Å². The lowest BCUT2D eigenvalue weighted by Gasteiger charge is -2.14. The van der Waals surface area contributed by atoms with Gasteiger partial charge in [-0.15, -0.1) is 0 Å². The van der Waals surface area contributed by atoms with E-state index in [1.54, 1.807) is 24.3 Å². The van der Waals surface area contributed by atoms with Crippen LogP contribution in [-0.2, 0) is 0 Å². The molecule has 0 saturated heterocycles. The first-order chi connectivity index (χ1) is 9.58. The van der Waals surface area contributed by atoms with Gasteiger partial charge in [0.25, 0.3) is 0 Å². The molecule has 20 heavy (non-hydrogen) atoms. The Balaban J connectivity index is 2.09. The van der Waals surface area contributed by atoms with Crippen molar-refractivity contribution in [2.75, 3.05) is 6.61 Å². The fourth-order valence-electron chi connectivity index (χ4n) is 1.74. The van der Waals surface area contributed by atoms with Crippen LogP contribution in [0.4, 0.5) is 0 Å². The Labute approximate surface area is 124 Å². The minimum absolute atomic E-state index is 0.00801. The average Bonchev–Trinajstić information content (AvgIpc) is 2.46. The van der Waals surface area contributed by atoms with Crippen molar-refractivity contribution in [1.82, 2.24) is 0 Å². The number of aliphatic hydroxyl groups excluding tert-OH is 1. The lowest BCUT2D eigenvalue weighted by Crippen LogP contribution is -2.11. The predicted octanol–water partition coefficient (Wildman–Crippen LogP) is 3.26. The molecule has 0 spiro atoms. The van der Waals surface area contributed by atoms with Crippen LogP contribution in [0.5, 0.6) is 5.75 Å². The van der Waals surface area contributed by atoms with Crippen LogP contribution >= 0.6 is 15.9 Å². The molecule has 2 aromatic carbocycles. The summed E-state index contributed by atoms with van der Waals surface area (Å²) in [6.07, 6.45) is -0.804. The monoisotopic (exact) mass is 336 g/mol. The highest BCUT2D eigenvalue weighted by molar-refractivity contribution is 9.10.